The molecule has 0 radical (unpaired) electrons. The van der Waals surface area contributed by atoms with Crippen LogP contribution in [0.1, 0.15) is 5.56 Å². The van der Waals surface area contributed by atoms with Crippen molar-refractivity contribution in [2.75, 3.05) is 27.4 Å². The minimum absolute atomic E-state index is 0.0291. The van der Waals surface area contributed by atoms with Crippen molar-refractivity contribution in [2.24, 2.45) is 0 Å². The largest absolute Gasteiger partial charge is 0.382 e. The molecule has 1 unspecified atom stereocenters. The number of nitrogens with zero attached hydrogens (tertiary/aromatic N) is 1. The van der Waals surface area contributed by atoms with E-state index in [1.165, 1.54) is 18.2 Å². The van der Waals surface area contributed by atoms with Crippen LogP contribution in [0.15, 0.2) is 18.2 Å². The van der Waals surface area contributed by atoms with Crippen LogP contribution >= 0.6 is 11.6 Å². The Kier molecular flexibility index (Phi) is 6.72. The molecule has 0 spiro atoms. The lowest BCUT2D eigenvalue weighted by molar-refractivity contribution is -0.384. The summed E-state index contributed by atoms with van der Waals surface area (Å²) < 4.78 is 10.2. The van der Waals surface area contributed by atoms with Gasteiger partial charge in [-0.25, -0.2) is 0 Å². The number of hydrogen-bond acceptors (Lipinski definition) is 5. The SMILES string of the molecule is COCC(CNCc1cc([N+](=O)[O-])ccc1Cl)OC. The van der Waals surface area contributed by atoms with Gasteiger partial charge in [0.15, 0.2) is 0 Å². The van der Waals surface area contributed by atoms with Gasteiger partial charge < -0.3 is 14.8 Å². The van der Waals surface area contributed by atoms with Crippen molar-refractivity contribution in [3.05, 3.63) is 38.9 Å². The first-order chi connectivity index (χ1) is 9.08. The maximum absolute atomic E-state index is 10.7. The number of hydrogen-bond donors (Lipinski definition) is 1. The quantitative estimate of drug-likeness (QED) is 0.585. The Morgan fingerprint density at radius 1 is 1.47 bits per heavy atom. The second-order valence-corrected chi connectivity index (χ2v) is 4.38. The van der Waals surface area contributed by atoms with Crippen molar-refractivity contribution < 1.29 is 14.4 Å². The minimum atomic E-state index is -0.442. The fourth-order valence-corrected chi connectivity index (χ4v) is 1.76. The Morgan fingerprint density at radius 3 is 2.79 bits per heavy atom. The van der Waals surface area contributed by atoms with Crippen LogP contribution in [0.3, 0.4) is 0 Å². The average molecular weight is 289 g/mol. The highest BCUT2D eigenvalue weighted by Gasteiger charge is 2.11. The number of methoxy groups -OCH3 is 2. The van der Waals surface area contributed by atoms with Gasteiger partial charge in [-0.3, -0.25) is 10.1 Å². The van der Waals surface area contributed by atoms with E-state index in [4.69, 9.17) is 21.1 Å². The fourth-order valence-electron chi connectivity index (χ4n) is 1.57. The highest BCUT2D eigenvalue weighted by Crippen LogP contribution is 2.21. The molecule has 0 saturated carbocycles. The van der Waals surface area contributed by atoms with E-state index < -0.39 is 4.92 Å². The van der Waals surface area contributed by atoms with Gasteiger partial charge in [0.1, 0.15) is 0 Å². The van der Waals surface area contributed by atoms with E-state index in [2.05, 4.69) is 5.32 Å². The molecule has 0 aromatic heterocycles. The summed E-state index contributed by atoms with van der Waals surface area (Å²) in [6.45, 7) is 1.49. The molecule has 0 aliphatic heterocycles. The number of nitro benzene ring substituents is 1. The molecule has 106 valence electrons. The van der Waals surface area contributed by atoms with Crippen LogP contribution in [0.25, 0.3) is 0 Å². The molecular weight excluding hydrogens is 272 g/mol. The van der Waals surface area contributed by atoms with Gasteiger partial charge in [0, 0.05) is 44.5 Å². The highest BCUT2D eigenvalue weighted by atomic mass is 35.5. The number of ether oxygens (including phenoxy) is 2. The number of nitro groups is 1. The Balaban J connectivity index is 2.57. The first-order valence-corrected chi connectivity index (χ1v) is 6.11. The Labute approximate surface area is 116 Å². The van der Waals surface area contributed by atoms with Crippen LogP contribution in [0, 0.1) is 10.1 Å². The van der Waals surface area contributed by atoms with Crippen molar-refractivity contribution in [3.63, 3.8) is 0 Å². The molecular formula is C12H17ClN2O4. The van der Waals surface area contributed by atoms with E-state index in [1.807, 2.05) is 0 Å². The predicted octanol–water partition coefficient (Wildman–Crippen LogP) is 2.00. The van der Waals surface area contributed by atoms with E-state index >= 15 is 0 Å². The van der Waals surface area contributed by atoms with Crippen molar-refractivity contribution in [2.45, 2.75) is 12.6 Å². The summed E-state index contributed by atoms with van der Waals surface area (Å²) in [5, 5.41) is 14.3. The number of rotatable bonds is 8. The third-order valence-corrected chi connectivity index (χ3v) is 2.98. The second kappa shape index (κ2) is 8.06. The number of non-ortho nitro benzene ring substituents is 1. The molecule has 6 nitrogen and oxygen atoms in total. The van der Waals surface area contributed by atoms with Crippen LogP contribution in [0.5, 0.6) is 0 Å². The van der Waals surface area contributed by atoms with Gasteiger partial charge in [-0.1, -0.05) is 11.6 Å². The van der Waals surface area contributed by atoms with Crippen molar-refractivity contribution in [1.82, 2.24) is 5.32 Å². The minimum Gasteiger partial charge on any atom is -0.382 e. The zero-order valence-electron chi connectivity index (χ0n) is 10.9. The summed E-state index contributed by atoms with van der Waals surface area (Å²) in [4.78, 5) is 10.2. The summed E-state index contributed by atoms with van der Waals surface area (Å²) in [6, 6.07) is 4.38. The van der Waals surface area contributed by atoms with Gasteiger partial charge in [0.2, 0.25) is 0 Å². The topological polar surface area (TPSA) is 73.6 Å². The van der Waals surface area contributed by atoms with Gasteiger partial charge in [-0.2, -0.15) is 0 Å². The molecule has 1 aromatic carbocycles. The van der Waals surface area contributed by atoms with Crippen molar-refractivity contribution in [1.29, 1.82) is 0 Å². The summed E-state index contributed by atoms with van der Waals surface area (Å²) in [5.41, 5.74) is 0.713. The summed E-state index contributed by atoms with van der Waals surface area (Å²) >= 11 is 5.99. The van der Waals surface area contributed by atoms with Gasteiger partial charge in [0.25, 0.3) is 5.69 Å². The lowest BCUT2D eigenvalue weighted by Gasteiger charge is -2.15. The number of nitrogens with one attached hydrogen (secondary N) is 1. The average Bonchev–Trinajstić information content (AvgIpc) is 2.39. The molecule has 1 N–H and O–H groups in total. The molecule has 0 fully saturated rings. The summed E-state index contributed by atoms with van der Waals surface area (Å²) in [7, 11) is 3.20. The standard InChI is InChI=1S/C12H17ClN2O4/c1-18-8-11(19-2)7-14-6-9-5-10(15(16)17)3-4-12(9)13/h3-5,11,14H,6-8H2,1-2H3. The molecule has 0 amide bonds. The summed E-state index contributed by atoms with van der Waals surface area (Å²) in [5.74, 6) is 0. The molecule has 7 heteroatoms. The maximum atomic E-state index is 10.7. The Bertz CT molecular complexity index is 428. The molecule has 1 aromatic rings. The molecule has 0 bridgehead atoms. The van der Waals surface area contributed by atoms with Crippen LogP contribution in [0.4, 0.5) is 5.69 Å². The Hall–Kier alpha value is -1.21. The zero-order valence-corrected chi connectivity index (χ0v) is 11.6. The molecule has 1 rings (SSSR count). The molecule has 0 heterocycles. The molecule has 19 heavy (non-hydrogen) atoms. The van der Waals surface area contributed by atoms with E-state index in [1.54, 1.807) is 14.2 Å². The third-order valence-electron chi connectivity index (χ3n) is 2.61. The Morgan fingerprint density at radius 2 is 2.21 bits per heavy atom. The third kappa shape index (κ3) is 5.12. The highest BCUT2D eigenvalue weighted by molar-refractivity contribution is 6.31. The van der Waals surface area contributed by atoms with Crippen LogP contribution in [-0.4, -0.2) is 38.4 Å². The lowest BCUT2D eigenvalue weighted by atomic mass is 10.2. The van der Waals surface area contributed by atoms with Gasteiger partial charge in [-0.05, 0) is 11.6 Å². The van der Waals surface area contributed by atoms with Crippen molar-refractivity contribution in [3.8, 4) is 0 Å². The first kappa shape index (κ1) is 15.8. The summed E-state index contributed by atoms with van der Waals surface area (Å²) in [6.07, 6.45) is -0.0672. The fraction of sp³-hybridized carbons (Fsp3) is 0.500. The van der Waals surface area contributed by atoms with Gasteiger partial charge >= 0.3 is 0 Å². The smallest absolute Gasteiger partial charge is 0.269 e. The second-order valence-electron chi connectivity index (χ2n) is 3.98. The maximum Gasteiger partial charge on any atom is 0.269 e. The lowest BCUT2D eigenvalue weighted by Crippen LogP contribution is -2.31. The normalized spacial score (nSPS) is 12.4. The van der Waals surface area contributed by atoms with Gasteiger partial charge in [-0.15, -0.1) is 0 Å². The van der Waals surface area contributed by atoms with E-state index in [-0.39, 0.29) is 11.8 Å². The van der Waals surface area contributed by atoms with Crippen LogP contribution < -0.4 is 5.32 Å². The number of benzene rings is 1. The van der Waals surface area contributed by atoms with E-state index in [0.29, 0.717) is 30.3 Å². The number of halogens is 1. The van der Waals surface area contributed by atoms with Crippen molar-refractivity contribution >= 4 is 17.3 Å². The molecule has 0 aliphatic rings. The monoisotopic (exact) mass is 288 g/mol. The zero-order chi connectivity index (χ0) is 14.3. The van der Waals surface area contributed by atoms with E-state index in [0.717, 1.165) is 0 Å². The molecule has 1 atom stereocenters. The van der Waals surface area contributed by atoms with Gasteiger partial charge in [0.05, 0.1) is 17.6 Å². The molecule has 0 aliphatic carbocycles. The van der Waals surface area contributed by atoms with Crippen LogP contribution in [-0.2, 0) is 16.0 Å². The van der Waals surface area contributed by atoms with E-state index in [9.17, 15) is 10.1 Å². The molecule has 0 saturated heterocycles. The van der Waals surface area contributed by atoms with Crippen LogP contribution in [0.2, 0.25) is 5.02 Å². The first-order valence-electron chi connectivity index (χ1n) is 5.73. The predicted molar refractivity (Wildman–Crippen MR) is 72.5 cm³/mol.